The number of hydrogen-bond acceptors (Lipinski definition) is 5. The highest BCUT2D eigenvalue weighted by molar-refractivity contribution is 7.86. The van der Waals surface area contributed by atoms with Crippen LogP contribution in [0.1, 0.15) is 18.4 Å². The Hall–Kier alpha value is -1.44. The lowest BCUT2D eigenvalue weighted by molar-refractivity contribution is -0.745. The number of amides is 1. The number of hydrogen-bond donors (Lipinski definition) is 1. The molecule has 1 unspecified atom stereocenters. The molecule has 1 aromatic carbocycles. The van der Waals surface area contributed by atoms with E-state index in [-0.39, 0.29) is 18.0 Å². The van der Waals surface area contributed by atoms with Crippen LogP contribution in [0.5, 0.6) is 0 Å². The molecule has 1 heterocycles. The molecule has 116 valence electrons. The van der Waals surface area contributed by atoms with Crippen LogP contribution < -0.4 is 0 Å². The van der Waals surface area contributed by atoms with Crippen molar-refractivity contribution in [2.75, 3.05) is 20.3 Å². The smallest absolute Gasteiger partial charge is 0.423 e. The molecule has 7 heteroatoms. The van der Waals surface area contributed by atoms with Gasteiger partial charge in [-0.1, -0.05) is 17.7 Å². The average Bonchev–Trinajstić information content (AvgIpc) is 2.92. The van der Waals surface area contributed by atoms with Gasteiger partial charge in [-0.25, -0.2) is 0 Å². The maximum Gasteiger partial charge on any atom is 0.532 e. The summed E-state index contributed by atoms with van der Waals surface area (Å²) in [5, 5.41) is 9.51. The van der Waals surface area contributed by atoms with Gasteiger partial charge in [-0.05, 0) is 19.1 Å². The van der Waals surface area contributed by atoms with Crippen molar-refractivity contribution in [3.63, 3.8) is 0 Å². The van der Waals surface area contributed by atoms with Crippen LogP contribution in [0.4, 0.5) is 4.79 Å². The molecule has 2 atom stereocenters. The van der Waals surface area contributed by atoms with Gasteiger partial charge in [0.15, 0.2) is 0 Å². The second kappa shape index (κ2) is 5.75. The number of methoxy groups -OCH3 is 1. The molecule has 1 aromatic rings. The molecule has 0 saturated carbocycles. The van der Waals surface area contributed by atoms with Gasteiger partial charge in [0, 0.05) is 12.8 Å². The summed E-state index contributed by atoms with van der Waals surface area (Å²) in [7, 11) is -2.82. The van der Waals surface area contributed by atoms with E-state index in [2.05, 4.69) is 0 Å². The van der Waals surface area contributed by atoms with Crippen LogP contribution in [0.15, 0.2) is 29.2 Å². The SMILES string of the molecule is COC(=O)[N+]1(S(=O)(=O)c2ccc(C)cc2)CCC[C@H]1CO. The van der Waals surface area contributed by atoms with Gasteiger partial charge in [0.05, 0.1) is 13.7 Å². The van der Waals surface area contributed by atoms with Crippen molar-refractivity contribution < 1.29 is 26.9 Å². The average molecular weight is 314 g/mol. The summed E-state index contributed by atoms with van der Waals surface area (Å²) in [5.41, 5.74) is 0.929. The first-order valence-corrected chi connectivity index (χ1v) is 8.23. The number of carbonyl (C=O) groups excluding carboxylic acids is 1. The van der Waals surface area contributed by atoms with Gasteiger partial charge >= 0.3 is 16.1 Å². The van der Waals surface area contributed by atoms with E-state index in [9.17, 15) is 18.3 Å². The number of quaternary nitrogens is 1. The maximum absolute atomic E-state index is 13.0. The number of aryl methyl sites for hydroxylation is 1. The molecule has 0 aliphatic carbocycles. The molecule has 0 radical (unpaired) electrons. The molecule has 2 rings (SSSR count). The van der Waals surface area contributed by atoms with Crippen molar-refractivity contribution >= 4 is 16.1 Å². The fourth-order valence-corrected chi connectivity index (χ4v) is 4.94. The Morgan fingerprint density at radius 2 is 2.00 bits per heavy atom. The number of sulfonamides is 1. The number of rotatable bonds is 3. The summed E-state index contributed by atoms with van der Waals surface area (Å²) in [6.07, 6.45) is 0.175. The van der Waals surface area contributed by atoms with E-state index in [4.69, 9.17) is 4.74 Å². The van der Waals surface area contributed by atoms with Crippen LogP contribution in [0.2, 0.25) is 0 Å². The first-order chi connectivity index (χ1) is 9.90. The van der Waals surface area contributed by atoms with Crippen LogP contribution in [0, 0.1) is 6.92 Å². The van der Waals surface area contributed by atoms with Gasteiger partial charge in [-0.3, -0.25) is 0 Å². The van der Waals surface area contributed by atoms with E-state index in [0.717, 1.165) is 5.56 Å². The molecule has 1 N–H and O–H groups in total. The largest absolute Gasteiger partial charge is 0.532 e. The van der Waals surface area contributed by atoms with E-state index in [1.807, 2.05) is 6.92 Å². The van der Waals surface area contributed by atoms with Crippen LogP contribution >= 0.6 is 0 Å². The van der Waals surface area contributed by atoms with Crippen molar-refractivity contribution in [3.05, 3.63) is 29.8 Å². The number of aliphatic hydroxyl groups is 1. The predicted molar refractivity (Wildman–Crippen MR) is 76.0 cm³/mol. The van der Waals surface area contributed by atoms with E-state index in [0.29, 0.717) is 12.8 Å². The molecule has 21 heavy (non-hydrogen) atoms. The standard InChI is InChI=1S/C14H20NO5S/c1-11-5-7-13(8-6-11)21(18,19)15(14(17)20-2)9-3-4-12(15)10-16/h5-8,12,16H,3-4,9-10H2,1-2H3/q+1/t12-,15?/m0/s1. The summed E-state index contributed by atoms with van der Waals surface area (Å²) in [5.74, 6) is 0. The molecule has 1 amide bonds. The molecule has 6 nitrogen and oxygen atoms in total. The number of aliphatic hydroxyl groups excluding tert-OH is 1. The highest BCUT2D eigenvalue weighted by atomic mass is 32.2. The van der Waals surface area contributed by atoms with E-state index >= 15 is 0 Å². The summed E-state index contributed by atoms with van der Waals surface area (Å²) in [4.78, 5) is 12.3. The zero-order valence-electron chi connectivity index (χ0n) is 12.2. The topological polar surface area (TPSA) is 80.7 Å². The Morgan fingerprint density at radius 3 is 2.52 bits per heavy atom. The first-order valence-electron chi connectivity index (χ1n) is 6.79. The third-order valence-electron chi connectivity index (χ3n) is 4.06. The van der Waals surface area contributed by atoms with E-state index in [1.54, 1.807) is 12.1 Å². The highest BCUT2D eigenvalue weighted by Crippen LogP contribution is 2.36. The maximum atomic E-state index is 13.0. The fraction of sp³-hybridized carbons (Fsp3) is 0.500. The molecule has 1 aliphatic rings. The van der Waals surface area contributed by atoms with Gasteiger partial charge in [-0.2, -0.15) is 13.2 Å². The highest BCUT2D eigenvalue weighted by Gasteiger charge is 2.59. The Labute approximate surface area is 124 Å². The minimum absolute atomic E-state index is 0.0684. The lowest BCUT2D eigenvalue weighted by Crippen LogP contribution is -2.60. The summed E-state index contributed by atoms with van der Waals surface area (Å²) >= 11 is 0. The summed E-state index contributed by atoms with van der Waals surface area (Å²) in [6, 6.07) is 5.65. The van der Waals surface area contributed by atoms with Crippen LogP contribution in [-0.2, 0) is 14.8 Å². The number of carbonyl (C=O) groups is 1. The van der Waals surface area contributed by atoms with Gasteiger partial charge < -0.3 is 9.84 Å². The lowest BCUT2D eigenvalue weighted by Gasteiger charge is -2.32. The van der Waals surface area contributed by atoms with Crippen molar-refractivity contribution in [3.8, 4) is 0 Å². The quantitative estimate of drug-likeness (QED) is 0.854. The summed E-state index contributed by atoms with van der Waals surface area (Å²) < 4.78 is 29.9. The van der Waals surface area contributed by atoms with Gasteiger partial charge in [0.1, 0.15) is 17.5 Å². The molecule has 0 bridgehead atoms. The Morgan fingerprint density at radius 1 is 1.38 bits per heavy atom. The Balaban J connectivity index is 2.60. The third-order valence-corrected chi connectivity index (χ3v) is 6.42. The fourth-order valence-electron chi connectivity index (χ4n) is 2.88. The first kappa shape index (κ1) is 15.9. The molecule has 1 saturated heterocycles. The Kier molecular flexibility index (Phi) is 4.36. The van der Waals surface area contributed by atoms with Gasteiger partial charge in [0.2, 0.25) is 0 Å². The zero-order chi connectivity index (χ0) is 15.7. The normalized spacial score (nSPS) is 25.8. The minimum atomic E-state index is -3.99. The van der Waals surface area contributed by atoms with Crippen LogP contribution in [0.25, 0.3) is 0 Å². The number of benzene rings is 1. The molecule has 1 fully saturated rings. The van der Waals surface area contributed by atoms with E-state index < -0.39 is 26.0 Å². The van der Waals surface area contributed by atoms with Crippen LogP contribution in [0.3, 0.4) is 0 Å². The van der Waals surface area contributed by atoms with Gasteiger partial charge in [-0.15, -0.1) is 3.89 Å². The monoisotopic (exact) mass is 314 g/mol. The molecule has 1 aliphatic heterocycles. The zero-order valence-corrected chi connectivity index (χ0v) is 13.0. The second-order valence-corrected chi connectivity index (χ2v) is 7.33. The number of nitrogens with zero attached hydrogens (tertiary/aromatic N) is 1. The second-order valence-electron chi connectivity index (χ2n) is 5.26. The van der Waals surface area contributed by atoms with Crippen molar-refractivity contribution in [1.82, 2.24) is 0 Å². The number of ether oxygens (including phenoxy) is 1. The minimum Gasteiger partial charge on any atom is -0.423 e. The third kappa shape index (κ3) is 2.35. The molecule has 0 spiro atoms. The van der Waals surface area contributed by atoms with Gasteiger partial charge in [0.25, 0.3) is 0 Å². The van der Waals surface area contributed by atoms with Crippen molar-refractivity contribution in [2.45, 2.75) is 30.7 Å². The summed E-state index contributed by atoms with van der Waals surface area (Å²) in [6.45, 7) is 1.60. The Bertz CT molecular complexity index is 625. The molecular weight excluding hydrogens is 294 g/mol. The van der Waals surface area contributed by atoms with Crippen molar-refractivity contribution in [2.24, 2.45) is 0 Å². The molecular formula is C14H20NO5S+. The molecule has 0 aromatic heterocycles. The van der Waals surface area contributed by atoms with Crippen molar-refractivity contribution in [1.29, 1.82) is 0 Å². The van der Waals surface area contributed by atoms with Crippen LogP contribution in [-0.4, -0.2) is 49.8 Å². The predicted octanol–water partition coefficient (Wildman–Crippen LogP) is 1.42. The van der Waals surface area contributed by atoms with E-state index in [1.165, 1.54) is 19.2 Å². The lowest BCUT2D eigenvalue weighted by atomic mass is 10.2. The number of likely N-dealkylation sites (tertiary alicyclic amines) is 1.